The van der Waals surface area contributed by atoms with Crippen molar-refractivity contribution in [1.29, 1.82) is 0 Å². The Kier molecular flexibility index (Phi) is 7.10. The van der Waals surface area contributed by atoms with Crippen molar-refractivity contribution in [2.24, 2.45) is 5.92 Å². The highest BCUT2D eigenvalue weighted by atomic mass is 35.5. The first kappa shape index (κ1) is 20.4. The van der Waals surface area contributed by atoms with E-state index in [-0.39, 0.29) is 17.7 Å². The van der Waals surface area contributed by atoms with Crippen molar-refractivity contribution in [2.45, 2.75) is 32.6 Å². The summed E-state index contributed by atoms with van der Waals surface area (Å²) in [5.41, 5.74) is 3.38. The molecule has 0 bridgehead atoms. The predicted octanol–water partition coefficient (Wildman–Crippen LogP) is 3.79. The van der Waals surface area contributed by atoms with E-state index in [1.165, 1.54) is 0 Å². The van der Waals surface area contributed by atoms with E-state index in [4.69, 9.17) is 11.6 Å². The molecule has 2 aromatic carbocycles. The van der Waals surface area contributed by atoms with Gasteiger partial charge in [-0.05, 0) is 55.0 Å². The molecule has 1 heterocycles. The molecule has 0 unspecified atom stereocenters. The Morgan fingerprint density at radius 1 is 1.07 bits per heavy atom. The number of benzene rings is 2. The summed E-state index contributed by atoms with van der Waals surface area (Å²) in [5, 5.41) is 3.75. The standard InChI is InChI=1S/C23H27ClN2O2/c1-17-4-2-3-5-20(17)16-22(27)26-14-11-19(12-15-26)23(28)25-13-10-18-6-8-21(24)9-7-18/h2-9,19H,10-16H2,1H3,(H,25,28). The molecule has 1 fully saturated rings. The van der Waals surface area contributed by atoms with Crippen molar-refractivity contribution < 1.29 is 9.59 Å². The molecule has 0 spiro atoms. The number of amides is 2. The van der Waals surface area contributed by atoms with Crippen LogP contribution in [0.1, 0.15) is 29.5 Å². The van der Waals surface area contributed by atoms with Gasteiger partial charge in [-0.3, -0.25) is 9.59 Å². The number of halogens is 1. The number of likely N-dealkylation sites (tertiary alicyclic amines) is 1. The van der Waals surface area contributed by atoms with E-state index < -0.39 is 0 Å². The van der Waals surface area contributed by atoms with Gasteiger partial charge in [0.25, 0.3) is 0 Å². The third-order valence-electron chi connectivity index (χ3n) is 5.45. The van der Waals surface area contributed by atoms with E-state index in [1.54, 1.807) is 0 Å². The second kappa shape index (κ2) is 9.74. The third-order valence-corrected chi connectivity index (χ3v) is 5.70. The van der Waals surface area contributed by atoms with Gasteiger partial charge in [-0.1, -0.05) is 48.0 Å². The lowest BCUT2D eigenvalue weighted by Gasteiger charge is -2.31. The summed E-state index contributed by atoms with van der Waals surface area (Å²) in [6, 6.07) is 15.7. The molecule has 4 nitrogen and oxygen atoms in total. The van der Waals surface area contributed by atoms with Gasteiger partial charge in [-0.25, -0.2) is 0 Å². The van der Waals surface area contributed by atoms with Gasteiger partial charge in [0.15, 0.2) is 0 Å². The van der Waals surface area contributed by atoms with Crippen molar-refractivity contribution in [3.63, 3.8) is 0 Å². The van der Waals surface area contributed by atoms with E-state index in [2.05, 4.69) is 5.32 Å². The fraction of sp³-hybridized carbons (Fsp3) is 0.391. The largest absolute Gasteiger partial charge is 0.356 e. The summed E-state index contributed by atoms with van der Waals surface area (Å²) in [5.74, 6) is 0.239. The molecule has 0 radical (unpaired) electrons. The zero-order valence-corrected chi connectivity index (χ0v) is 17.0. The first-order valence-electron chi connectivity index (χ1n) is 9.87. The quantitative estimate of drug-likeness (QED) is 0.804. The highest BCUT2D eigenvalue weighted by molar-refractivity contribution is 6.30. The molecule has 5 heteroatoms. The van der Waals surface area contributed by atoms with Crippen LogP contribution in [0.15, 0.2) is 48.5 Å². The second-order valence-corrected chi connectivity index (χ2v) is 7.86. The lowest BCUT2D eigenvalue weighted by molar-refractivity contribution is -0.135. The number of piperidine rings is 1. The molecule has 0 aromatic heterocycles. The Morgan fingerprint density at radius 2 is 1.75 bits per heavy atom. The zero-order valence-electron chi connectivity index (χ0n) is 16.3. The average Bonchev–Trinajstić information content (AvgIpc) is 2.71. The summed E-state index contributed by atoms with van der Waals surface area (Å²) in [7, 11) is 0. The fourth-order valence-corrected chi connectivity index (χ4v) is 3.73. The molecule has 0 saturated carbocycles. The maximum atomic E-state index is 12.6. The van der Waals surface area contributed by atoms with Crippen LogP contribution in [0.25, 0.3) is 0 Å². The summed E-state index contributed by atoms with van der Waals surface area (Å²) < 4.78 is 0. The maximum Gasteiger partial charge on any atom is 0.226 e. The SMILES string of the molecule is Cc1ccccc1CC(=O)N1CCC(C(=O)NCCc2ccc(Cl)cc2)CC1. The summed E-state index contributed by atoms with van der Waals surface area (Å²) in [6.45, 7) is 3.95. The molecule has 1 N–H and O–H groups in total. The summed E-state index contributed by atoms with van der Waals surface area (Å²) >= 11 is 5.89. The Morgan fingerprint density at radius 3 is 2.43 bits per heavy atom. The van der Waals surface area contributed by atoms with Gasteiger partial charge in [-0.15, -0.1) is 0 Å². The van der Waals surface area contributed by atoms with Gasteiger partial charge in [0.05, 0.1) is 6.42 Å². The maximum absolute atomic E-state index is 12.6. The van der Waals surface area contributed by atoms with Crippen LogP contribution in [-0.4, -0.2) is 36.3 Å². The second-order valence-electron chi connectivity index (χ2n) is 7.43. The third kappa shape index (κ3) is 5.59. The van der Waals surface area contributed by atoms with Gasteiger partial charge >= 0.3 is 0 Å². The molecule has 1 aliphatic rings. The van der Waals surface area contributed by atoms with Crippen molar-refractivity contribution >= 4 is 23.4 Å². The Hall–Kier alpha value is -2.33. The molecule has 1 saturated heterocycles. The predicted molar refractivity (Wildman–Crippen MR) is 112 cm³/mol. The monoisotopic (exact) mass is 398 g/mol. The first-order valence-corrected chi connectivity index (χ1v) is 10.2. The van der Waals surface area contributed by atoms with Crippen LogP contribution in [0.2, 0.25) is 5.02 Å². The number of rotatable bonds is 6. The fourth-order valence-electron chi connectivity index (χ4n) is 3.60. The van der Waals surface area contributed by atoms with E-state index in [0.29, 0.717) is 26.1 Å². The lowest BCUT2D eigenvalue weighted by Crippen LogP contribution is -2.43. The van der Waals surface area contributed by atoms with Gasteiger partial charge in [0.1, 0.15) is 0 Å². The molecule has 148 valence electrons. The number of nitrogens with zero attached hydrogens (tertiary/aromatic N) is 1. The average molecular weight is 399 g/mol. The molecular formula is C23H27ClN2O2. The van der Waals surface area contributed by atoms with E-state index in [9.17, 15) is 9.59 Å². The molecule has 1 aliphatic heterocycles. The smallest absolute Gasteiger partial charge is 0.226 e. The van der Waals surface area contributed by atoms with Crippen molar-refractivity contribution in [2.75, 3.05) is 19.6 Å². The van der Waals surface area contributed by atoms with Gasteiger partial charge in [-0.2, -0.15) is 0 Å². The molecular weight excluding hydrogens is 372 g/mol. The van der Waals surface area contributed by atoms with Gasteiger partial charge in [0.2, 0.25) is 11.8 Å². The van der Waals surface area contributed by atoms with Crippen molar-refractivity contribution in [3.05, 3.63) is 70.2 Å². The summed E-state index contributed by atoms with van der Waals surface area (Å²) in [4.78, 5) is 26.9. The molecule has 28 heavy (non-hydrogen) atoms. The van der Waals surface area contributed by atoms with Crippen LogP contribution in [0.5, 0.6) is 0 Å². The topological polar surface area (TPSA) is 49.4 Å². The number of carbonyl (C=O) groups excluding carboxylic acids is 2. The number of aryl methyl sites for hydroxylation is 1. The van der Waals surface area contributed by atoms with Crippen LogP contribution in [-0.2, 0) is 22.4 Å². The minimum absolute atomic E-state index is 0.00673. The minimum Gasteiger partial charge on any atom is -0.356 e. The van der Waals surface area contributed by atoms with Crippen LogP contribution >= 0.6 is 11.6 Å². The van der Waals surface area contributed by atoms with Crippen LogP contribution in [0.4, 0.5) is 0 Å². The van der Waals surface area contributed by atoms with Crippen LogP contribution < -0.4 is 5.32 Å². The number of carbonyl (C=O) groups is 2. The van der Waals surface area contributed by atoms with Gasteiger partial charge < -0.3 is 10.2 Å². The lowest BCUT2D eigenvalue weighted by atomic mass is 9.95. The Bertz CT molecular complexity index is 812. The Labute approximate surface area is 171 Å². The minimum atomic E-state index is -0.00673. The highest BCUT2D eigenvalue weighted by Gasteiger charge is 2.27. The Balaban J connectivity index is 1.40. The van der Waals surface area contributed by atoms with Crippen molar-refractivity contribution in [3.8, 4) is 0 Å². The highest BCUT2D eigenvalue weighted by Crippen LogP contribution is 2.19. The normalized spacial score (nSPS) is 14.7. The number of hydrogen-bond acceptors (Lipinski definition) is 2. The first-order chi connectivity index (χ1) is 13.5. The van der Waals surface area contributed by atoms with Gasteiger partial charge in [0, 0.05) is 30.6 Å². The molecule has 0 aliphatic carbocycles. The van der Waals surface area contributed by atoms with E-state index in [0.717, 1.165) is 41.0 Å². The molecule has 2 aromatic rings. The van der Waals surface area contributed by atoms with Crippen LogP contribution in [0, 0.1) is 12.8 Å². The number of hydrogen-bond donors (Lipinski definition) is 1. The molecule has 2 amide bonds. The van der Waals surface area contributed by atoms with Crippen molar-refractivity contribution in [1.82, 2.24) is 10.2 Å². The van der Waals surface area contributed by atoms with E-state index >= 15 is 0 Å². The van der Waals surface area contributed by atoms with Crippen LogP contribution in [0.3, 0.4) is 0 Å². The van der Waals surface area contributed by atoms with E-state index in [1.807, 2.05) is 60.4 Å². The number of nitrogens with one attached hydrogen (secondary N) is 1. The summed E-state index contributed by atoms with van der Waals surface area (Å²) in [6.07, 6.45) is 2.68. The molecule has 3 rings (SSSR count). The molecule has 0 atom stereocenters. The zero-order chi connectivity index (χ0) is 19.9.